The summed E-state index contributed by atoms with van der Waals surface area (Å²) in [6.45, 7) is 0.530. The van der Waals surface area contributed by atoms with Gasteiger partial charge in [0.15, 0.2) is 0 Å². The fourth-order valence-corrected chi connectivity index (χ4v) is 3.21. The zero-order valence-electron chi connectivity index (χ0n) is 11.7. The standard InChI is InChI=1S/C16H18FNO3/c17-11-6-4-10(5-7-11)12-9-13(12)15(19)18-8-2-1-3-14(18)16(20)21/h4-7,12-14H,1-3,8-9H2,(H,20,21)/t12-,13+,14-/m0/s1. The summed E-state index contributed by atoms with van der Waals surface area (Å²) < 4.78 is 12.9. The van der Waals surface area contributed by atoms with E-state index < -0.39 is 12.0 Å². The number of likely N-dealkylation sites (tertiary alicyclic amines) is 1. The molecule has 1 N–H and O–H groups in total. The Morgan fingerprint density at radius 3 is 2.57 bits per heavy atom. The van der Waals surface area contributed by atoms with E-state index in [1.807, 2.05) is 0 Å². The molecule has 2 fully saturated rings. The van der Waals surface area contributed by atoms with Crippen molar-refractivity contribution in [2.45, 2.75) is 37.6 Å². The molecule has 2 aliphatic rings. The van der Waals surface area contributed by atoms with Crippen LogP contribution in [0.3, 0.4) is 0 Å². The lowest BCUT2D eigenvalue weighted by atomic mass is 10.0. The summed E-state index contributed by atoms with van der Waals surface area (Å²) in [5.41, 5.74) is 0.957. The van der Waals surface area contributed by atoms with Gasteiger partial charge in [-0.05, 0) is 49.3 Å². The Hall–Kier alpha value is -1.91. The van der Waals surface area contributed by atoms with E-state index in [4.69, 9.17) is 0 Å². The van der Waals surface area contributed by atoms with Gasteiger partial charge in [-0.1, -0.05) is 12.1 Å². The van der Waals surface area contributed by atoms with E-state index in [2.05, 4.69) is 0 Å². The Kier molecular flexibility index (Phi) is 3.66. The number of benzene rings is 1. The van der Waals surface area contributed by atoms with Crippen molar-refractivity contribution in [1.82, 2.24) is 4.90 Å². The smallest absolute Gasteiger partial charge is 0.326 e. The zero-order valence-corrected chi connectivity index (χ0v) is 11.7. The maximum atomic E-state index is 12.9. The third-order valence-corrected chi connectivity index (χ3v) is 4.48. The minimum atomic E-state index is -0.915. The Morgan fingerprint density at radius 2 is 1.90 bits per heavy atom. The molecule has 0 bridgehead atoms. The molecule has 4 nitrogen and oxygen atoms in total. The van der Waals surface area contributed by atoms with E-state index in [0.29, 0.717) is 13.0 Å². The number of carboxylic acids is 1. The van der Waals surface area contributed by atoms with E-state index in [1.165, 1.54) is 17.0 Å². The summed E-state index contributed by atoms with van der Waals surface area (Å²) >= 11 is 0. The molecular formula is C16H18FNO3. The van der Waals surface area contributed by atoms with Crippen LogP contribution in [0.1, 0.15) is 37.2 Å². The van der Waals surface area contributed by atoms with Gasteiger partial charge in [0.25, 0.3) is 0 Å². The van der Waals surface area contributed by atoms with Crippen LogP contribution in [0.4, 0.5) is 4.39 Å². The highest BCUT2D eigenvalue weighted by molar-refractivity contribution is 5.87. The second kappa shape index (κ2) is 5.47. The van der Waals surface area contributed by atoms with Crippen molar-refractivity contribution in [3.05, 3.63) is 35.6 Å². The van der Waals surface area contributed by atoms with E-state index in [-0.39, 0.29) is 23.6 Å². The molecule has 1 saturated heterocycles. The van der Waals surface area contributed by atoms with Crippen LogP contribution < -0.4 is 0 Å². The van der Waals surface area contributed by atoms with Gasteiger partial charge in [0.1, 0.15) is 11.9 Å². The number of aliphatic carboxylic acids is 1. The third-order valence-electron chi connectivity index (χ3n) is 4.48. The number of piperidine rings is 1. The van der Waals surface area contributed by atoms with Crippen molar-refractivity contribution < 1.29 is 19.1 Å². The first kappa shape index (κ1) is 14.0. The largest absolute Gasteiger partial charge is 0.480 e. The molecule has 0 radical (unpaired) electrons. The minimum absolute atomic E-state index is 0.0589. The number of hydrogen-bond acceptors (Lipinski definition) is 2. The summed E-state index contributed by atoms with van der Waals surface area (Å²) in [6.07, 6.45) is 2.98. The van der Waals surface area contributed by atoms with Crippen LogP contribution in [-0.4, -0.2) is 34.5 Å². The van der Waals surface area contributed by atoms with Crippen LogP contribution in [0.25, 0.3) is 0 Å². The molecule has 1 aromatic rings. The molecule has 21 heavy (non-hydrogen) atoms. The summed E-state index contributed by atoms with van der Waals surface area (Å²) in [7, 11) is 0. The highest BCUT2D eigenvalue weighted by atomic mass is 19.1. The first-order chi connectivity index (χ1) is 10.1. The Morgan fingerprint density at radius 1 is 1.19 bits per heavy atom. The van der Waals surface area contributed by atoms with Crippen molar-refractivity contribution in [3.8, 4) is 0 Å². The van der Waals surface area contributed by atoms with E-state index >= 15 is 0 Å². The Balaban J connectivity index is 1.69. The molecule has 5 heteroatoms. The van der Waals surface area contributed by atoms with Crippen LogP contribution in [-0.2, 0) is 9.59 Å². The SMILES string of the molecule is O=C(O)[C@@H]1CCCCN1C(=O)[C@@H]1C[C@H]1c1ccc(F)cc1. The second-order valence-corrected chi connectivity index (χ2v) is 5.88. The molecule has 1 aliphatic carbocycles. The zero-order chi connectivity index (χ0) is 15.0. The van der Waals surface area contributed by atoms with Gasteiger partial charge in [0.05, 0.1) is 0 Å². The molecule has 112 valence electrons. The van der Waals surface area contributed by atoms with Gasteiger partial charge in [-0.3, -0.25) is 4.79 Å². The molecule has 1 aliphatic heterocycles. The predicted molar refractivity (Wildman–Crippen MR) is 74.2 cm³/mol. The van der Waals surface area contributed by atoms with Crippen molar-refractivity contribution in [2.75, 3.05) is 6.54 Å². The quantitative estimate of drug-likeness (QED) is 0.930. The number of carbonyl (C=O) groups is 2. The summed E-state index contributed by atoms with van der Waals surface area (Å²) in [6, 6.07) is 5.53. The number of amides is 1. The Labute approximate surface area is 122 Å². The fourth-order valence-electron chi connectivity index (χ4n) is 3.21. The average Bonchev–Trinajstić information content (AvgIpc) is 3.27. The van der Waals surface area contributed by atoms with Gasteiger partial charge in [-0.2, -0.15) is 0 Å². The average molecular weight is 291 g/mol. The molecule has 1 amide bonds. The first-order valence-electron chi connectivity index (χ1n) is 7.36. The lowest BCUT2D eigenvalue weighted by molar-refractivity contribution is -0.152. The lowest BCUT2D eigenvalue weighted by Crippen LogP contribution is -2.48. The number of carboxylic acid groups (broad SMARTS) is 1. The molecule has 1 aromatic carbocycles. The summed E-state index contributed by atoms with van der Waals surface area (Å²) in [4.78, 5) is 25.3. The van der Waals surface area contributed by atoms with Gasteiger partial charge < -0.3 is 10.0 Å². The molecule has 0 spiro atoms. The molecule has 3 rings (SSSR count). The van der Waals surface area contributed by atoms with Crippen LogP contribution in [0.2, 0.25) is 0 Å². The summed E-state index contributed by atoms with van der Waals surface area (Å²) in [5.74, 6) is -1.30. The van der Waals surface area contributed by atoms with E-state index in [0.717, 1.165) is 24.8 Å². The van der Waals surface area contributed by atoms with Gasteiger partial charge in [-0.15, -0.1) is 0 Å². The van der Waals surface area contributed by atoms with Crippen molar-refractivity contribution in [3.63, 3.8) is 0 Å². The first-order valence-corrected chi connectivity index (χ1v) is 7.36. The van der Waals surface area contributed by atoms with Crippen LogP contribution in [0.5, 0.6) is 0 Å². The number of hydrogen-bond donors (Lipinski definition) is 1. The minimum Gasteiger partial charge on any atom is -0.480 e. The topological polar surface area (TPSA) is 57.6 Å². The van der Waals surface area contributed by atoms with Gasteiger partial charge in [-0.25, -0.2) is 9.18 Å². The number of rotatable bonds is 3. The fraction of sp³-hybridized carbons (Fsp3) is 0.500. The molecule has 0 unspecified atom stereocenters. The molecular weight excluding hydrogens is 273 g/mol. The van der Waals surface area contributed by atoms with Crippen molar-refractivity contribution in [2.24, 2.45) is 5.92 Å². The summed E-state index contributed by atoms with van der Waals surface area (Å²) in [5, 5.41) is 9.24. The van der Waals surface area contributed by atoms with Gasteiger partial charge >= 0.3 is 5.97 Å². The predicted octanol–water partition coefficient (Wildman–Crippen LogP) is 2.39. The molecule has 0 aromatic heterocycles. The number of nitrogens with zero attached hydrogens (tertiary/aromatic N) is 1. The highest BCUT2D eigenvalue weighted by Crippen LogP contribution is 2.49. The maximum absolute atomic E-state index is 12.9. The van der Waals surface area contributed by atoms with Crippen molar-refractivity contribution in [1.29, 1.82) is 0 Å². The monoisotopic (exact) mass is 291 g/mol. The van der Waals surface area contributed by atoms with Crippen LogP contribution in [0, 0.1) is 11.7 Å². The van der Waals surface area contributed by atoms with Gasteiger partial charge in [0.2, 0.25) is 5.91 Å². The van der Waals surface area contributed by atoms with Crippen LogP contribution >= 0.6 is 0 Å². The number of carbonyl (C=O) groups excluding carboxylic acids is 1. The maximum Gasteiger partial charge on any atom is 0.326 e. The third kappa shape index (κ3) is 2.77. The van der Waals surface area contributed by atoms with Gasteiger partial charge in [0, 0.05) is 12.5 Å². The number of halogens is 1. The van der Waals surface area contributed by atoms with Crippen LogP contribution in [0.15, 0.2) is 24.3 Å². The second-order valence-electron chi connectivity index (χ2n) is 5.88. The highest BCUT2D eigenvalue weighted by Gasteiger charge is 2.48. The molecule has 1 saturated carbocycles. The Bertz CT molecular complexity index is 557. The normalized spacial score (nSPS) is 28.2. The van der Waals surface area contributed by atoms with Crippen molar-refractivity contribution >= 4 is 11.9 Å². The molecule has 3 atom stereocenters. The van der Waals surface area contributed by atoms with E-state index in [9.17, 15) is 19.1 Å². The molecule has 1 heterocycles. The van der Waals surface area contributed by atoms with E-state index in [1.54, 1.807) is 12.1 Å². The lowest BCUT2D eigenvalue weighted by Gasteiger charge is -2.33.